The van der Waals surface area contributed by atoms with Gasteiger partial charge in [0.05, 0.1) is 11.5 Å². The monoisotopic (exact) mass is 333 g/mol. The number of nitro groups is 1. The fourth-order valence-electron chi connectivity index (χ4n) is 3.35. The molecule has 1 saturated heterocycles. The molecular weight excluding hydrogens is 310 g/mol. The van der Waals surface area contributed by atoms with E-state index in [0.29, 0.717) is 24.0 Å². The number of amides is 3. The lowest BCUT2D eigenvalue weighted by atomic mass is 9.88. The number of nitrogens with one attached hydrogen (secondary N) is 1. The van der Waals surface area contributed by atoms with Crippen LogP contribution in [-0.4, -0.2) is 27.3 Å². The van der Waals surface area contributed by atoms with Crippen LogP contribution in [0.1, 0.15) is 50.7 Å². The van der Waals surface area contributed by atoms with Gasteiger partial charge in [0.1, 0.15) is 5.54 Å². The number of nitrogens with zero attached hydrogens (tertiary/aromatic N) is 2. The Balaban J connectivity index is 2.31. The summed E-state index contributed by atoms with van der Waals surface area (Å²) in [5.74, 6) is -0.234. The summed E-state index contributed by atoms with van der Waals surface area (Å²) in [5.41, 5.74) is 0.242. The highest BCUT2D eigenvalue weighted by molar-refractivity contribution is 6.07. The van der Waals surface area contributed by atoms with Gasteiger partial charge in [0.25, 0.3) is 11.6 Å². The number of carbonyl (C=O) groups is 2. The van der Waals surface area contributed by atoms with Gasteiger partial charge in [-0.15, -0.1) is 0 Å². The minimum atomic E-state index is -0.838. The summed E-state index contributed by atoms with van der Waals surface area (Å²) in [7, 11) is 0. The molecule has 0 unspecified atom stereocenters. The van der Waals surface area contributed by atoms with Crippen molar-refractivity contribution in [2.45, 2.75) is 58.5 Å². The van der Waals surface area contributed by atoms with Crippen molar-refractivity contribution in [2.24, 2.45) is 0 Å². The predicted molar refractivity (Wildman–Crippen MR) is 89.5 cm³/mol. The van der Waals surface area contributed by atoms with Crippen LogP contribution in [0.4, 0.5) is 10.5 Å². The van der Waals surface area contributed by atoms with Gasteiger partial charge in [0.15, 0.2) is 0 Å². The van der Waals surface area contributed by atoms with E-state index in [4.69, 9.17) is 0 Å². The molecule has 1 heterocycles. The van der Waals surface area contributed by atoms with E-state index in [9.17, 15) is 19.7 Å². The van der Waals surface area contributed by atoms with Crippen LogP contribution in [-0.2, 0) is 11.3 Å². The average Bonchev–Trinajstić information content (AvgIpc) is 2.74. The third kappa shape index (κ3) is 3.11. The quantitative estimate of drug-likeness (QED) is 0.471. The standard InChI is InChI=1S/C17H23N3O4/c1-4-9-17(10-5-2)15(21)19(16(22)18-17)11-13-7-6-8-14(12(13)3)20(23)24/h6-8H,4-5,9-11H2,1-3H3,(H,18,22). The number of hydrogen-bond donors (Lipinski definition) is 1. The van der Waals surface area contributed by atoms with Gasteiger partial charge in [0.2, 0.25) is 0 Å². The summed E-state index contributed by atoms with van der Waals surface area (Å²) in [6.07, 6.45) is 2.76. The Kier molecular flexibility index (Phi) is 5.21. The summed E-state index contributed by atoms with van der Waals surface area (Å²) in [4.78, 5) is 37.0. The Hall–Kier alpha value is -2.44. The van der Waals surface area contributed by atoms with Crippen molar-refractivity contribution >= 4 is 17.6 Å². The zero-order valence-electron chi connectivity index (χ0n) is 14.3. The molecule has 0 saturated carbocycles. The molecule has 7 heteroatoms. The smallest absolute Gasteiger partial charge is 0.323 e. The van der Waals surface area contributed by atoms with Crippen LogP contribution in [0.25, 0.3) is 0 Å². The van der Waals surface area contributed by atoms with Gasteiger partial charge in [-0.1, -0.05) is 38.8 Å². The molecule has 0 aromatic heterocycles. The maximum atomic E-state index is 12.9. The van der Waals surface area contributed by atoms with E-state index in [0.717, 1.165) is 12.8 Å². The minimum Gasteiger partial charge on any atom is -0.323 e. The number of benzene rings is 1. The van der Waals surface area contributed by atoms with Gasteiger partial charge >= 0.3 is 6.03 Å². The lowest BCUT2D eigenvalue weighted by Crippen LogP contribution is -2.46. The number of hydrogen-bond acceptors (Lipinski definition) is 4. The Bertz CT molecular complexity index is 666. The summed E-state index contributed by atoms with van der Waals surface area (Å²) in [6.45, 7) is 5.64. The molecule has 0 bridgehead atoms. The highest BCUT2D eigenvalue weighted by Crippen LogP contribution is 2.30. The Morgan fingerprint density at radius 1 is 1.21 bits per heavy atom. The fourth-order valence-corrected chi connectivity index (χ4v) is 3.35. The van der Waals surface area contributed by atoms with Crippen LogP contribution in [0.5, 0.6) is 0 Å². The van der Waals surface area contributed by atoms with Crippen LogP contribution in [0, 0.1) is 17.0 Å². The number of nitro benzene ring substituents is 1. The molecule has 130 valence electrons. The van der Waals surface area contributed by atoms with E-state index >= 15 is 0 Å². The van der Waals surface area contributed by atoms with Crippen LogP contribution in [0.15, 0.2) is 18.2 Å². The van der Waals surface area contributed by atoms with Gasteiger partial charge < -0.3 is 5.32 Å². The molecule has 1 aromatic carbocycles. The molecule has 0 radical (unpaired) electrons. The Morgan fingerprint density at radius 2 is 1.83 bits per heavy atom. The van der Waals surface area contributed by atoms with Crippen molar-refractivity contribution in [1.82, 2.24) is 10.2 Å². The Morgan fingerprint density at radius 3 is 2.38 bits per heavy atom. The average molecular weight is 333 g/mol. The maximum Gasteiger partial charge on any atom is 0.325 e. The van der Waals surface area contributed by atoms with Crippen molar-refractivity contribution in [3.05, 3.63) is 39.4 Å². The molecule has 2 rings (SSSR count). The first kappa shape index (κ1) is 17.9. The second-order valence-electron chi connectivity index (χ2n) is 6.22. The maximum absolute atomic E-state index is 12.9. The fraction of sp³-hybridized carbons (Fsp3) is 0.529. The van der Waals surface area contributed by atoms with Gasteiger partial charge in [0, 0.05) is 11.6 Å². The number of rotatable bonds is 7. The first-order chi connectivity index (χ1) is 11.4. The number of urea groups is 1. The van der Waals surface area contributed by atoms with Crippen LogP contribution < -0.4 is 5.32 Å². The van der Waals surface area contributed by atoms with Gasteiger partial charge in [-0.25, -0.2) is 4.79 Å². The van der Waals surface area contributed by atoms with Crippen molar-refractivity contribution in [3.8, 4) is 0 Å². The largest absolute Gasteiger partial charge is 0.325 e. The molecular formula is C17H23N3O4. The molecule has 1 aliphatic rings. The summed E-state index contributed by atoms with van der Waals surface area (Å²) in [6, 6.07) is 4.28. The van der Waals surface area contributed by atoms with Crippen molar-refractivity contribution in [1.29, 1.82) is 0 Å². The zero-order chi connectivity index (χ0) is 17.9. The van der Waals surface area contributed by atoms with Gasteiger partial charge in [-0.05, 0) is 25.3 Å². The lowest BCUT2D eigenvalue weighted by molar-refractivity contribution is -0.385. The summed E-state index contributed by atoms with van der Waals surface area (Å²) in [5, 5.41) is 13.9. The van der Waals surface area contributed by atoms with Gasteiger partial charge in [-0.2, -0.15) is 0 Å². The third-order valence-electron chi connectivity index (χ3n) is 4.54. The van der Waals surface area contributed by atoms with Crippen molar-refractivity contribution in [2.75, 3.05) is 0 Å². The molecule has 24 heavy (non-hydrogen) atoms. The van der Waals surface area contributed by atoms with E-state index in [2.05, 4.69) is 5.32 Å². The first-order valence-electron chi connectivity index (χ1n) is 8.23. The van der Waals surface area contributed by atoms with Crippen molar-refractivity contribution in [3.63, 3.8) is 0 Å². The summed E-state index contributed by atoms with van der Waals surface area (Å²) < 4.78 is 0. The van der Waals surface area contributed by atoms with Crippen molar-refractivity contribution < 1.29 is 14.5 Å². The molecule has 0 atom stereocenters. The lowest BCUT2D eigenvalue weighted by Gasteiger charge is -2.25. The third-order valence-corrected chi connectivity index (χ3v) is 4.54. The highest BCUT2D eigenvalue weighted by atomic mass is 16.6. The molecule has 0 aliphatic carbocycles. The predicted octanol–water partition coefficient (Wildman–Crippen LogP) is 3.29. The molecule has 3 amide bonds. The molecule has 0 spiro atoms. The molecule has 1 N–H and O–H groups in total. The van der Waals surface area contributed by atoms with Crippen LogP contribution in [0.3, 0.4) is 0 Å². The van der Waals surface area contributed by atoms with Crippen LogP contribution >= 0.6 is 0 Å². The SMILES string of the molecule is CCCC1(CCC)NC(=O)N(Cc2cccc([N+](=O)[O-])c2C)C1=O. The normalized spacial score (nSPS) is 16.4. The molecule has 1 aliphatic heterocycles. The molecule has 7 nitrogen and oxygen atoms in total. The molecule has 1 fully saturated rings. The minimum absolute atomic E-state index is 0.00654. The van der Waals surface area contributed by atoms with E-state index in [-0.39, 0.29) is 18.1 Å². The van der Waals surface area contributed by atoms with E-state index < -0.39 is 16.5 Å². The molecule has 1 aromatic rings. The van der Waals surface area contributed by atoms with Gasteiger partial charge in [-0.3, -0.25) is 19.8 Å². The second-order valence-corrected chi connectivity index (χ2v) is 6.22. The highest BCUT2D eigenvalue weighted by Gasteiger charge is 2.49. The van der Waals surface area contributed by atoms with E-state index in [1.807, 2.05) is 13.8 Å². The number of carbonyl (C=O) groups excluding carboxylic acids is 2. The van der Waals surface area contributed by atoms with E-state index in [1.165, 1.54) is 11.0 Å². The van der Waals surface area contributed by atoms with E-state index in [1.54, 1.807) is 19.1 Å². The summed E-state index contributed by atoms with van der Waals surface area (Å²) >= 11 is 0. The first-order valence-corrected chi connectivity index (χ1v) is 8.23. The second kappa shape index (κ2) is 6.98. The number of imide groups is 1. The Labute approximate surface area is 141 Å². The van der Waals surface area contributed by atoms with Crippen LogP contribution in [0.2, 0.25) is 0 Å². The topological polar surface area (TPSA) is 92.6 Å². The zero-order valence-corrected chi connectivity index (χ0v) is 14.3.